The molecule has 0 aromatic carbocycles. The number of hydrogen-bond acceptors (Lipinski definition) is 7. The van der Waals surface area contributed by atoms with Gasteiger partial charge in [-0.3, -0.25) is 10.1 Å². The minimum atomic E-state index is -2.98. The van der Waals surface area contributed by atoms with Gasteiger partial charge in [0.2, 0.25) is 5.88 Å². The van der Waals surface area contributed by atoms with Crippen molar-refractivity contribution in [3.05, 3.63) is 48.5 Å². The van der Waals surface area contributed by atoms with E-state index in [1.807, 2.05) is 12.1 Å². The van der Waals surface area contributed by atoms with Gasteiger partial charge in [0.05, 0.1) is 20.3 Å². The topological polar surface area (TPSA) is 106 Å². The van der Waals surface area contributed by atoms with Crippen molar-refractivity contribution in [1.82, 2.24) is 34.9 Å². The van der Waals surface area contributed by atoms with Crippen molar-refractivity contribution in [3.8, 4) is 5.88 Å². The number of aromatic amines is 1. The molecule has 2 N–H and O–H groups in total. The van der Waals surface area contributed by atoms with Crippen molar-refractivity contribution in [3.63, 3.8) is 0 Å². The second kappa shape index (κ2) is 6.70. The first-order valence-corrected chi connectivity index (χ1v) is 7.45. The van der Waals surface area contributed by atoms with E-state index in [1.165, 1.54) is 12.3 Å². The molecule has 0 spiro atoms. The fraction of sp³-hybridized carbons (Fsp3) is 0.133. The standard InChI is InChI=1S/C15H12F2N8O/c16-15(17)26-13-4-11(23-24-13)21-12-7-19-10-6-20-25(14(10)22-12)8-9-2-1-3-18-5-9/h1-7,15H,8H2,(H2,21,22,23,24)/i7D. The number of nitrogens with zero attached hydrogens (tertiary/aromatic N) is 6. The number of halogens is 2. The molecule has 0 aliphatic carbocycles. The highest BCUT2D eigenvalue weighted by atomic mass is 19.3. The van der Waals surface area contributed by atoms with Gasteiger partial charge in [0.1, 0.15) is 11.3 Å². The molecule has 4 aromatic rings. The van der Waals surface area contributed by atoms with Gasteiger partial charge >= 0.3 is 6.61 Å². The van der Waals surface area contributed by atoms with Gasteiger partial charge < -0.3 is 10.1 Å². The fourth-order valence-electron chi connectivity index (χ4n) is 2.29. The second-order valence-corrected chi connectivity index (χ2v) is 5.18. The van der Waals surface area contributed by atoms with Crippen LogP contribution < -0.4 is 10.1 Å². The van der Waals surface area contributed by atoms with Crippen LogP contribution in [0, 0.1) is 0 Å². The lowest BCUT2D eigenvalue weighted by molar-refractivity contribution is -0.0528. The Morgan fingerprint density at radius 2 is 2.31 bits per heavy atom. The average molecular weight is 359 g/mol. The molecule has 0 unspecified atom stereocenters. The van der Waals surface area contributed by atoms with E-state index in [4.69, 9.17) is 1.37 Å². The molecule has 0 bridgehead atoms. The van der Waals surface area contributed by atoms with Crippen LogP contribution in [0.4, 0.5) is 20.4 Å². The summed E-state index contributed by atoms with van der Waals surface area (Å²) in [6.45, 7) is -2.55. The zero-order valence-electron chi connectivity index (χ0n) is 14.1. The van der Waals surface area contributed by atoms with Crippen LogP contribution in [0.5, 0.6) is 5.88 Å². The zero-order chi connectivity index (χ0) is 18.8. The van der Waals surface area contributed by atoms with Crippen LogP contribution >= 0.6 is 0 Å². The molecule has 4 rings (SSSR count). The van der Waals surface area contributed by atoms with Crippen LogP contribution in [-0.4, -0.2) is 41.5 Å². The summed E-state index contributed by atoms with van der Waals surface area (Å²) < 4.78 is 38.2. The molecule has 0 aliphatic rings. The van der Waals surface area contributed by atoms with Crippen molar-refractivity contribution in [2.75, 3.05) is 5.32 Å². The van der Waals surface area contributed by atoms with Gasteiger partial charge in [-0.05, 0) is 11.6 Å². The lowest BCUT2D eigenvalue weighted by Gasteiger charge is -2.05. The van der Waals surface area contributed by atoms with E-state index in [9.17, 15) is 8.78 Å². The Balaban J connectivity index is 1.62. The first kappa shape index (κ1) is 14.7. The van der Waals surface area contributed by atoms with E-state index < -0.39 is 6.61 Å². The summed E-state index contributed by atoms with van der Waals surface area (Å²) in [5.74, 6) is 0.0588. The number of hydrogen-bond donors (Lipinski definition) is 2. The predicted octanol–water partition coefficient (Wildman–Crippen LogP) is 2.34. The number of pyridine rings is 1. The highest BCUT2D eigenvalue weighted by molar-refractivity contribution is 5.72. The molecule has 4 heterocycles. The normalized spacial score (nSPS) is 11.7. The fourth-order valence-corrected chi connectivity index (χ4v) is 2.29. The summed E-state index contributed by atoms with van der Waals surface area (Å²) in [6.07, 6.45) is 4.78. The van der Waals surface area contributed by atoms with Crippen LogP contribution in [0.2, 0.25) is 0 Å². The third-order valence-electron chi connectivity index (χ3n) is 3.37. The molecular formula is C15H12F2N8O. The molecule has 9 nitrogen and oxygen atoms in total. The number of nitrogens with one attached hydrogen (secondary N) is 2. The molecule has 0 atom stereocenters. The van der Waals surface area contributed by atoms with E-state index in [1.54, 1.807) is 17.1 Å². The molecule has 0 saturated carbocycles. The zero-order valence-corrected chi connectivity index (χ0v) is 13.1. The van der Waals surface area contributed by atoms with Gasteiger partial charge in [-0.1, -0.05) is 6.07 Å². The van der Waals surface area contributed by atoms with Crippen molar-refractivity contribution in [2.24, 2.45) is 0 Å². The Labute approximate surface area is 146 Å². The largest absolute Gasteiger partial charge is 0.415 e. The smallest absolute Gasteiger partial charge is 0.388 e. The summed E-state index contributed by atoms with van der Waals surface area (Å²) in [7, 11) is 0. The van der Waals surface area contributed by atoms with Crippen LogP contribution in [-0.2, 0) is 6.54 Å². The lowest BCUT2D eigenvalue weighted by Crippen LogP contribution is -2.04. The Hall–Kier alpha value is -3.63. The first-order chi connectivity index (χ1) is 13.1. The maximum atomic E-state index is 12.2. The van der Waals surface area contributed by atoms with Crippen LogP contribution in [0.15, 0.2) is 43.0 Å². The lowest BCUT2D eigenvalue weighted by atomic mass is 10.3. The third kappa shape index (κ3) is 3.41. The predicted molar refractivity (Wildman–Crippen MR) is 87.2 cm³/mol. The molecule has 0 fully saturated rings. The Morgan fingerprint density at radius 3 is 3.12 bits per heavy atom. The number of alkyl halides is 2. The van der Waals surface area contributed by atoms with E-state index in [-0.39, 0.29) is 23.7 Å². The molecule has 0 radical (unpaired) electrons. The summed E-state index contributed by atoms with van der Waals surface area (Å²) in [5, 5.41) is 13.1. The molecule has 0 amide bonds. The van der Waals surface area contributed by atoms with Gasteiger partial charge in [0.25, 0.3) is 0 Å². The summed E-state index contributed by atoms with van der Waals surface area (Å²) in [6, 6.07) is 4.95. The Bertz CT molecular complexity index is 1070. The van der Waals surface area contributed by atoms with Gasteiger partial charge in [-0.25, -0.2) is 14.6 Å². The number of fused-ring (bicyclic) bond motifs is 1. The summed E-state index contributed by atoms with van der Waals surface area (Å²) in [5.41, 5.74) is 1.85. The van der Waals surface area contributed by atoms with Crippen molar-refractivity contribution >= 4 is 22.8 Å². The average Bonchev–Trinajstić information content (AvgIpc) is 3.23. The molecular weight excluding hydrogens is 346 g/mol. The van der Waals surface area contributed by atoms with Crippen LogP contribution in [0.1, 0.15) is 6.93 Å². The number of ether oxygens (including phenoxy) is 1. The van der Waals surface area contributed by atoms with Crippen molar-refractivity contribution < 1.29 is 14.9 Å². The minimum Gasteiger partial charge on any atom is -0.415 e. The van der Waals surface area contributed by atoms with Gasteiger partial charge in [0, 0.05) is 18.5 Å². The first-order valence-electron chi connectivity index (χ1n) is 7.95. The van der Waals surface area contributed by atoms with Crippen molar-refractivity contribution in [2.45, 2.75) is 13.2 Å². The molecule has 132 valence electrons. The van der Waals surface area contributed by atoms with E-state index in [2.05, 4.69) is 40.3 Å². The van der Waals surface area contributed by atoms with Crippen molar-refractivity contribution in [1.29, 1.82) is 0 Å². The van der Waals surface area contributed by atoms with Gasteiger partial charge in [-0.2, -0.15) is 13.9 Å². The third-order valence-corrected chi connectivity index (χ3v) is 3.37. The molecule has 0 aliphatic heterocycles. The monoisotopic (exact) mass is 359 g/mol. The molecule has 4 aromatic heterocycles. The van der Waals surface area contributed by atoms with Crippen LogP contribution in [0.25, 0.3) is 11.2 Å². The summed E-state index contributed by atoms with van der Waals surface area (Å²) in [4.78, 5) is 12.6. The number of rotatable bonds is 6. The van der Waals surface area contributed by atoms with E-state index >= 15 is 0 Å². The number of aromatic nitrogens is 7. The number of anilines is 2. The molecule has 0 saturated heterocycles. The maximum Gasteiger partial charge on any atom is 0.388 e. The van der Waals surface area contributed by atoms with Gasteiger partial charge in [-0.15, -0.1) is 5.10 Å². The minimum absolute atomic E-state index is 0.114. The Morgan fingerprint density at radius 1 is 1.38 bits per heavy atom. The second-order valence-electron chi connectivity index (χ2n) is 5.18. The van der Waals surface area contributed by atoms with E-state index in [0.29, 0.717) is 17.7 Å². The van der Waals surface area contributed by atoms with E-state index in [0.717, 1.165) is 5.56 Å². The Kier molecular flexibility index (Phi) is 3.79. The molecule has 26 heavy (non-hydrogen) atoms. The summed E-state index contributed by atoms with van der Waals surface area (Å²) >= 11 is 0. The molecule has 11 heteroatoms. The quantitative estimate of drug-likeness (QED) is 0.544. The number of H-pyrrole nitrogens is 1. The maximum absolute atomic E-state index is 12.2. The van der Waals surface area contributed by atoms with Crippen LogP contribution in [0.3, 0.4) is 0 Å². The highest BCUT2D eigenvalue weighted by Crippen LogP contribution is 2.20. The SMILES string of the molecule is [2H]c1nc2cnn(Cc3cccnc3)c2nc1Nc1cc(OC(F)F)n[nH]1. The highest BCUT2D eigenvalue weighted by Gasteiger charge is 2.11. The van der Waals surface area contributed by atoms with Gasteiger partial charge in [0.15, 0.2) is 11.5 Å².